The number of piperazine rings is 1. The lowest BCUT2D eigenvalue weighted by Gasteiger charge is -2.32. The summed E-state index contributed by atoms with van der Waals surface area (Å²) in [7, 11) is 0. The number of rotatable bonds is 4. The molecule has 6 rings (SSSR count). The van der Waals surface area contributed by atoms with Crippen molar-refractivity contribution in [3.63, 3.8) is 0 Å². The molecule has 0 aliphatic carbocycles. The van der Waals surface area contributed by atoms with Crippen LogP contribution in [0.3, 0.4) is 0 Å². The van der Waals surface area contributed by atoms with E-state index in [-0.39, 0.29) is 6.10 Å². The van der Waals surface area contributed by atoms with Gasteiger partial charge in [0.25, 0.3) is 0 Å². The van der Waals surface area contributed by atoms with Crippen LogP contribution in [0.15, 0.2) is 30.5 Å². The van der Waals surface area contributed by atoms with E-state index in [0.29, 0.717) is 36.4 Å². The zero-order chi connectivity index (χ0) is 21.2. The van der Waals surface area contributed by atoms with Gasteiger partial charge in [-0.1, -0.05) is 0 Å². The number of nitrogens with zero attached hydrogens (tertiary/aromatic N) is 4. The number of hydrogen-bond donors (Lipinski definition) is 2. The molecule has 4 aliphatic heterocycles. The Morgan fingerprint density at radius 1 is 1.06 bits per heavy atom. The van der Waals surface area contributed by atoms with Gasteiger partial charge in [0.15, 0.2) is 0 Å². The highest BCUT2D eigenvalue weighted by molar-refractivity contribution is 5.67. The van der Waals surface area contributed by atoms with Crippen molar-refractivity contribution >= 4 is 23.1 Å². The molecule has 2 aromatic rings. The Hall–Kier alpha value is -2.59. The molecule has 4 fully saturated rings. The van der Waals surface area contributed by atoms with Gasteiger partial charge in [-0.05, 0) is 25.0 Å². The summed E-state index contributed by atoms with van der Waals surface area (Å²) >= 11 is 0. The van der Waals surface area contributed by atoms with Crippen LogP contribution in [0.1, 0.15) is 18.4 Å². The Labute approximate surface area is 177 Å². The molecule has 0 amide bonds. The SMILES string of the molecule is FC(F)(F)c1ccc(Nc2cc(N3CC4CC3CN4)cc(N3CC4CC3CO4)n2)nc1. The molecule has 4 unspecified atom stereocenters. The minimum absolute atomic E-state index is 0.246. The summed E-state index contributed by atoms with van der Waals surface area (Å²) in [5, 5.41) is 6.63. The van der Waals surface area contributed by atoms with E-state index in [4.69, 9.17) is 9.72 Å². The highest BCUT2D eigenvalue weighted by Crippen LogP contribution is 2.37. The quantitative estimate of drug-likeness (QED) is 0.770. The molecule has 6 heterocycles. The molecule has 0 radical (unpaired) electrons. The van der Waals surface area contributed by atoms with Crippen LogP contribution in [0.25, 0.3) is 0 Å². The van der Waals surface area contributed by atoms with E-state index in [9.17, 15) is 13.2 Å². The minimum atomic E-state index is -4.41. The molecule has 4 atom stereocenters. The van der Waals surface area contributed by atoms with E-state index >= 15 is 0 Å². The minimum Gasteiger partial charge on any atom is -0.374 e. The summed E-state index contributed by atoms with van der Waals surface area (Å²) in [6.45, 7) is 3.43. The van der Waals surface area contributed by atoms with Crippen molar-refractivity contribution in [2.45, 2.75) is 43.2 Å². The lowest BCUT2D eigenvalue weighted by Crippen LogP contribution is -2.44. The largest absolute Gasteiger partial charge is 0.417 e. The maximum absolute atomic E-state index is 12.8. The average molecular weight is 432 g/mol. The highest BCUT2D eigenvalue weighted by Gasteiger charge is 2.41. The second-order valence-corrected chi connectivity index (χ2v) is 8.77. The Balaban J connectivity index is 1.31. The van der Waals surface area contributed by atoms with E-state index in [0.717, 1.165) is 56.2 Å². The molecule has 4 bridgehead atoms. The number of hydrogen-bond acceptors (Lipinski definition) is 7. The summed E-state index contributed by atoms with van der Waals surface area (Å²) in [6.07, 6.45) is -1.18. The van der Waals surface area contributed by atoms with Crippen LogP contribution in [0, 0.1) is 0 Å². The Bertz CT molecular complexity index is 938. The second kappa shape index (κ2) is 6.96. The van der Waals surface area contributed by atoms with Gasteiger partial charge >= 0.3 is 6.18 Å². The molecule has 164 valence electrons. The number of alkyl halides is 3. The first kappa shape index (κ1) is 19.1. The molecule has 4 aliphatic rings. The van der Waals surface area contributed by atoms with Crippen molar-refractivity contribution in [2.75, 3.05) is 41.4 Å². The Morgan fingerprint density at radius 2 is 1.97 bits per heavy atom. The third-order valence-electron chi connectivity index (χ3n) is 6.73. The van der Waals surface area contributed by atoms with Gasteiger partial charge in [-0.15, -0.1) is 0 Å². The Kier molecular flexibility index (Phi) is 4.29. The molecule has 31 heavy (non-hydrogen) atoms. The number of morpholine rings is 1. The maximum Gasteiger partial charge on any atom is 0.417 e. The molecule has 7 nitrogen and oxygen atoms in total. The monoisotopic (exact) mass is 432 g/mol. The van der Waals surface area contributed by atoms with Crippen molar-refractivity contribution in [1.82, 2.24) is 15.3 Å². The van der Waals surface area contributed by atoms with Crippen LogP contribution in [-0.2, 0) is 10.9 Å². The zero-order valence-electron chi connectivity index (χ0n) is 16.8. The van der Waals surface area contributed by atoms with Crippen LogP contribution in [0.2, 0.25) is 0 Å². The molecule has 0 saturated carbocycles. The summed E-state index contributed by atoms with van der Waals surface area (Å²) in [5.41, 5.74) is 0.311. The number of fused-ring (bicyclic) bond motifs is 4. The second-order valence-electron chi connectivity index (χ2n) is 8.77. The number of aromatic nitrogens is 2. The maximum atomic E-state index is 12.8. The average Bonchev–Trinajstić information content (AvgIpc) is 3.54. The molecule has 2 N–H and O–H groups in total. The van der Waals surface area contributed by atoms with Gasteiger partial charge in [-0.3, -0.25) is 0 Å². The van der Waals surface area contributed by atoms with Crippen LogP contribution >= 0.6 is 0 Å². The van der Waals surface area contributed by atoms with Crippen molar-refractivity contribution in [3.8, 4) is 0 Å². The normalized spacial score (nSPS) is 29.3. The van der Waals surface area contributed by atoms with Gasteiger partial charge in [0.05, 0.1) is 24.3 Å². The van der Waals surface area contributed by atoms with Crippen LogP contribution < -0.4 is 20.4 Å². The summed E-state index contributed by atoms with van der Waals surface area (Å²) < 4.78 is 44.3. The van der Waals surface area contributed by atoms with Gasteiger partial charge < -0.3 is 25.2 Å². The van der Waals surface area contributed by atoms with Gasteiger partial charge in [-0.2, -0.15) is 13.2 Å². The highest BCUT2D eigenvalue weighted by atomic mass is 19.4. The fourth-order valence-electron chi connectivity index (χ4n) is 5.20. The first-order chi connectivity index (χ1) is 14.9. The van der Waals surface area contributed by atoms with Gasteiger partial charge in [0.1, 0.15) is 17.5 Å². The molecule has 10 heteroatoms. The molecular formula is C21H23F3N6O. The number of anilines is 4. The first-order valence-corrected chi connectivity index (χ1v) is 10.6. The van der Waals surface area contributed by atoms with E-state index < -0.39 is 11.7 Å². The first-order valence-electron chi connectivity index (χ1n) is 10.6. The lowest BCUT2D eigenvalue weighted by molar-refractivity contribution is -0.137. The predicted molar refractivity (Wildman–Crippen MR) is 110 cm³/mol. The summed E-state index contributed by atoms with van der Waals surface area (Å²) in [6, 6.07) is 7.75. The standard InChI is InChI=1S/C21H23F3N6O/c22-21(23,24)12-1-2-18(26-7-12)27-19-5-14(29-9-13-3-15(29)8-25-13)6-20(28-19)30-10-17-4-16(30)11-31-17/h1-2,5-7,13,15-17,25H,3-4,8-11H2,(H,26,27,28). The molecule has 0 aromatic carbocycles. The molecular weight excluding hydrogens is 409 g/mol. The van der Waals surface area contributed by atoms with Crippen molar-refractivity contribution < 1.29 is 17.9 Å². The van der Waals surface area contributed by atoms with E-state index in [2.05, 4.69) is 31.5 Å². The van der Waals surface area contributed by atoms with Crippen LogP contribution in [0.4, 0.5) is 36.3 Å². The fraction of sp³-hybridized carbons (Fsp3) is 0.524. The van der Waals surface area contributed by atoms with Gasteiger partial charge in [0.2, 0.25) is 0 Å². The van der Waals surface area contributed by atoms with Crippen LogP contribution in [0.5, 0.6) is 0 Å². The number of nitrogens with one attached hydrogen (secondary N) is 2. The van der Waals surface area contributed by atoms with Crippen LogP contribution in [-0.4, -0.2) is 60.4 Å². The van der Waals surface area contributed by atoms with Crippen molar-refractivity contribution in [2.24, 2.45) is 0 Å². The topological polar surface area (TPSA) is 65.5 Å². The third kappa shape index (κ3) is 3.47. The van der Waals surface area contributed by atoms with E-state index in [1.54, 1.807) is 0 Å². The molecule has 4 saturated heterocycles. The summed E-state index contributed by atoms with van der Waals surface area (Å²) in [4.78, 5) is 13.4. The third-order valence-corrected chi connectivity index (χ3v) is 6.73. The van der Waals surface area contributed by atoms with Crippen molar-refractivity contribution in [1.29, 1.82) is 0 Å². The van der Waals surface area contributed by atoms with E-state index in [1.807, 2.05) is 6.07 Å². The summed E-state index contributed by atoms with van der Waals surface area (Å²) in [5.74, 6) is 1.79. The molecule has 2 aromatic heterocycles. The van der Waals surface area contributed by atoms with Gasteiger partial charge in [0, 0.05) is 55.7 Å². The van der Waals surface area contributed by atoms with E-state index in [1.165, 1.54) is 6.07 Å². The smallest absolute Gasteiger partial charge is 0.374 e. The Morgan fingerprint density at radius 3 is 2.58 bits per heavy atom. The number of halogens is 3. The zero-order valence-corrected chi connectivity index (χ0v) is 16.8. The lowest BCUT2D eigenvalue weighted by atomic mass is 10.2. The van der Waals surface area contributed by atoms with Crippen molar-refractivity contribution in [3.05, 3.63) is 36.0 Å². The number of pyridine rings is 2. The molecule has 0 spiro atoms. The predicted octanol–water partition coefficient (Wildman–Crippen LogP) is 2.77. The fourth-order valence-corrected chi connectivity index (χ4v) is 5.20. The number of ether oxygens (including phenoxy) is 1. The van der Waals surface area contributed by atoms with Gasteiger partial charge in [-0.25, -0.2) is 9.97 Å².